The maximum absolute atomic E-state index is 10.1. The molecule has 0 spiro atoms. The lowest BCUT2D eigenvalue weighted by Gasteiger charge is -2.19. The van der Waals surface area contributed by atoms with Gasteiger partial charge in [-0.05, 0) is 23.8 Å². The van der Waals surface area contributed by atoms with Crippen molar-refractivity contribution in [2.75, 3.05) is 13.2 Å². The van der Waals surface area contributed by atoms with E-state index in [9.17, 15) is 5.11 Å². The van der Waals surface area contributed by atoms with Gasteiger partial charge in [-0.25, -0.2) is 0 Å². The predicted octanol–water partition coefficient (Wildman–Crippen LogP) is 1.26. The van der Waals surface area contributed by atoms with Gasteiger partial charge in [0.2, 0.25) is 0 Å². The molecule has 1 atom stereocenters. The second-order valence-corrected chi connectivity index (χ2v) is 3.82. The zero-order chi connectivity index (χ0) is 11.7. The first-order valence-electron chi connectivity index (χ1n) is 5.41. The van der Waals surface area contributed by atoms with Gasteiger partial charge in [-0.15, -0.1) is 0 Å². The molecule has 0 bridgehead atoms. The molecule has 17 heavy (non-hydrogen) atoms. The molecule has 0 fully saturated rings. The van der Waals surface area contributed by atoms with Crippen LogP contribution in [0.5, 0.6) is 11.5 Å². The lowest BCUT2D eigenvalue weighted by molar-refractivity contribution is 0.169. The minimum atomic E-state index is -0.728. The van der Waals surface area contributed by atoms with Crippen LogP contribution in [0.3, 0.4) is 0 Å². The predicted molar refractivity (Wildman–Crippen MR) is 60.1 cm³/mol. The highest BCUT2D eigenvalue weighted by Crippen LogP contribution is 2.33. The van der Waals surface area contributed by atoms with Gasteiger partial charge in [-0.1, -0.05) is 6.07 Å². The number of aliphatic hydroxyl groups is 1. The molecule has 2 heterocycles. The summed E-state index contributed by atoms with van der Waals surface area (Å²) in [5.41, 5.74) is 1.40. The molecule has 1 aliphatic rings. The van der Waals surface area contributed by atoms with Gasteiger partial charge in [0, 0.05) is 6.20 Å². The number of nitrogens with one attached hydrogen (secondary N) is 1. The van der Waals surface area contributed by atoms with Crippen molar-refractivity contribution in [3.8, 4) is 11.5 Å². The summed E-state index contributed by atoms with van der Waals surface area (Å²) in [6.07, 6.45) is 0.879. The summed E-state index contributed by atoms with van der Waals surface area (Å²) in [5.74, 6) is 1.39. The van der Waals surface area contributed by atoms with Crippen molar-refractivity contribution in [3.63, 3.8) is 0 Å². The number of fused-ring (bicyclic) bond motifs is 1. The van der Waals surface area contributed by atoms with E-state index in [4.69, 9.17) is 9.47 Å². The quantitative estimate of drug-likeness (QED) is 0.818. The van der Waals surface area contributed by atoms with Crippen LogP contribution in [0.25, 0.3) is 0 Å². The van der Waals surface area contributed by atoms with E-state index in [1.165, 1.54) is 0 Å². The second-order valence-electron chi connectivity index (χ2n) is 3.82. The maximum Gasteiger partial charge on any atom is 0.161 e. The highest BCUT2D eigenvalue weighted by Gasteiger charge is 2.17. The van der Waals surface area contributed by atoms with E-state index >= 15 is 0 Å². The largest absolute Gasteiger partial charge is 0.486 e. The molecule has 0 aliphatic carbocycles. The van der Waals surface area contributed by atoms with Crippen molar-refractivity contribution in [3.05, 3.63) is 41.7 Å². The van der Waals surface area contributed by atoms with Crippen LogP contribution in [0.4, 0.5) is 0 Å². The van der Waals surface area contributed by atoms with E-state index in [2.05, 4.69) is 10.2 Å². The maximum atomic E-state index is 10.1. The number of aromatic nitrogens is 2. The molecule has 0 radical (unpaired) electrons. The number of hydrogen-bond acceptors (Lipinski definition) is 4. The van der Waals surface area contributed by atoms with Crippen LogP contribution in [-0.4, -0.2) is 28.5 Å². The summed E-state index contributed by atoms with van der Waals surface area (Å²) in [5, 5.41) is 16.7. The molecule has 5 heteroatoms. The number of H-pyrrole nitrogens is 1. The van der Waals surface area contributed by atoms with Crippen molar-refractivity contribution in [1.29, 1.82) is 0 Å². The molecule has 0 saturated carbocycles. The zero-order valence-electron chi connectivity index (χ0n) is 9.09. The van der Waals surface area contributed by atoms with Crippen molar-refractivity contribution in [2.24, 2.45) is 0 Å². The van der Waals surface area contributed by atoms with Crippen molar-refractivity contribution < 1.29 is 14.6 Å². The summed E-state index contributed by atoms with van der Waals surface area (Å²) < 4.78 is 10.9. The Morgan fingerprint density at radius 3 is 2.76 bits per heavy atom. The smallest absolute Gasteiger partial charge is 0.161 e. The van der Waals surface area contributed by atoms with Gasteiger partial charge in [-0.3, -0.25) is 5.10 Å². The average Bonchev–Trinajstić information content (AvgIpc) is 2.91. The third-order valence-corrected chi connectivity index (χ3v) is 2.70. The summed E-state index contributed by atoms with van der Waals surface area (Å²) in [6.45, 7) is 1.10. The normalized spacial score (nSPS) is 15.6. The first-order chi connectivity index (χ1) is 8.34. The number of aliphatic hydroxyl groups excluding tert-OH is 1. The number of aromatic amines is 1. The van der Waals surface area contributed by atoms with Crippen molar-refractivity contribution in [1.82, 2.24) is 10.2 Å². The van der Waals surface area contributed by atoms with E-state index in [1.807, 2.05) is 12.1 Å². The average molecular weight is 232 g/mol. The molecule has 1 aliphatic heterocycles. The molecule has 0 amide bonds. The topological polar surface area (TPSA) is 67.4 Å². The van der Waals surface area contributed by atoms with Crippen molar-refractivity contribution >= 4 is 0 Å². The summed E-state index contributed by atoms with van der Waals surface area (Å²) >= 11 is 0. The van der Waals surface area contributed by atoms with Gasteiger partial charge in [0.25, 0.3) is 0 Å². The van der Waals surface area contributed by atoms with Gasteiger partial charge in [0.15, 0.2) is 11.5 Å². The molecule has 88 valence electrons. The molecule has 1 unspecified atom stereocenters. The Morgan fingerprint density at radius 2 is 2.00 bits per heavy atom. The molecule has 5 nitrogen and oxygen atoms in total. The van der Waals surface area contributed by atoms with E-state index in [-0.39, 0.29) is 0 Å². The molecule has 2 aromatic rings. The van der Waals surface area contributed by atoms with E-state index in [0.29, 0.717) is 24.7 Å². The lowest BCUT2D eigenvalue weighted by Crippen LogP contribution is -2.15. The SMILES string of the molecule is OC(c1ccc2c(c1)OCCO2)c1ccn[nH]1. The number of benzene rings is 1. The van der Waals surface area contributed by atoms with Crippen LogP contribution in [0.2, 0.25) is 0 Å². The molecule has 2 N–H and O–H groups in total. The van der Waals surface area contributed by atoms with Crippen LogP contribution in [0.15, 0.2) is 30.5 Å². The summed E-state index contributed by atoms with van der Waals surface area (Å²) in [7, 11) is 0. The Labute approximate surface area is 98.0 Å². The summed E-state index contributed by atoms with van der Waals surface area (Å²) in [4.78, 5) is 0. The van der Waals surface area contributed by atoms with Crippen molar-refractivity contribution in [2.45, 2.75) is 6.10 Å². The Hall–Kier alpha value is -2.01. The standard InChI is InChI=1S/C12H12N2O3/c15-12(9-3-4-13-14-9)8-1-2-10-11(7-8)17-6-5-16-10/h1-4,7,12,15H,5-6H2,(H,13,14). The third kappa shape index (κ3) is 1.85. The van der Waals surface area contributed by atoms with Crippen LogP contribution >= 0.6 is 0 Å². The van der Waals surface area contributed by atoms with E-state index in [0.717, 1.165) is 11.3 Å². The minimum Gasteiger partial charge on any atom is -0.486 e. The zero-order valence-corrected chi connectivity index (χ0v) is 9.09. The van der Waals surface area contributed by atoms with Gasteiger partial charge < -0.3 is 14.6 Å². The highest BCUT2D eigenvalue weighted by molar-refractivity contribution is 5.45. The Kier molecular flexibility index (Phi) is 2.45. The molecule has 1 aromatic heterocycles. The van der Waals surface area contributed by atoms with Crippen LogP contribution < -0.4 is 9.47 Å². The number of nitrogens with zero attached hydrogens (tertiary/aromatic N) is 1. The van der Waals surface area contributed by atoms with Gasteiger partial charge in [0.05, 0.1) is 5.69 Å². The first-order valence-corrected chi connectivity index (χ1v) is 5.41. The molecule has 1 aromatic carbocycles. The monoisotopic (exact) mass is 232 g/mol. The van der Waals surface area contributed by atoms with Crippen LogP contribution in [-0.2, 0) is 0 Å². The fourth-order valence-electron chi connectivity index (χ4n) is 1.83. The van der Waals surface area contributed by atoms with E-state index < -0.39 is 6.10 Å². The van der Waals surface area contributed by atoms with Crippen LogP contribution in [0, 0.1) is 0 Å². The lowest BCUT2D eigenvalue weighted by atomic mass is 10.1. The van der Waals surface area contributed by atoms with Gasteiger partial charge >= 0.3 is 0 Å². The van der Waals surface area contributed by atoms with Crippen LogP contribution in [0.1, 0.15) is 17.4 Å². The molecular formula is C12H12N2O3. The van der Waals surface area contributed by atoms with Gasteiger partial charge in [0.1, 0.15) is 19.3 Å². The van der Waals surface area contributed by atoms with Gasteiger partial charge in [-0.2, -0.15) is 5.10 Å². The highest BCUT2D eigenvalue weighted by atomic mass is 16.6. The third-order valence-electron chi connectivity index (χ3n) is 2.70. The first kappa shape index (κ1) is 10.2. The Morgan fingerprint density at radius 1 is 1.18 bits per heavy atom. The fraction of sp³-hybridized carbons (Fsp3) is 0.250. The second kappa shape index (κ2) is 4.10. The molecular weight excluding hydrogens is 220 g/mol. The Balaban J connectivity index is 1.93. The number of rotatable bonds is 2. The number of hydrogen-bond donors (Lipinski definition) is 2. The number of ether oxygens (including phenoxy) is 2. The molecule has 0 saturated heterocycles. The van der Waals surface area contributed by atoms with E-state index in [1.54, 1.807) is 18.3 Å². The minimum absolute atomic E-state index is 0.538. The molecule has 3 rings (SSSR count). The Bertz CT molecular complexity index is 510. The fourth-order valence-corrected chi connectivity index (χ4v) is 1.83. The summed E-state index contributed by atoms with van der Waals surface area (Å²) in [6, 6.07) is 7.16.